The Balaban J connectivity index is 1.09. The van der Waals surface area contributed by atoms with Crippen LogP contribution in [0, 0.1) is 5.41 Å². The van der Waals surface area contributed by atoms with Gasteiger partial charge in [-0.05, 0) is 122 Å². The summed E-state index contributed by atoms with van der Waals surface area (Å²) in [6.07, 6.45) is 5.67. The summed E-state index contributed by atoms with van der Waals surface area (Å²) in [6, 6.07) is 31.7. The molecule has 8 heteroatoms. The van der Waals surface area contributed by atoms with Gasteiger partial charge in [-0.1, -0.05) is 73.6 Å². The van der Waals surface area contributed by atoms with Crippen molar-refractivity contribution in [2.45, 2.75) is 64.6 Å². The lowest BCUT2D eigenvalue weighted by atomic mass is 9.62. The number of allylic oxidation sites excluding steroid dienone is 1. The van der Waals surface area contributed by atoms with Crippen molar-refractivity contribution in [1.29, 1.82) is 0 Å². The largest absolute Gasteiger partial charge is 0.508 e. The first-order chi connectivity index (χ1) is 24.8. The van der Waals surface area contributed by atoms with Gasteiger partial charge in [-0.3, -0.25) is 9.69 Å². The number of benzene rings is 4. The van der Waals surface area contributed by atoms with Gasteiger partial charge in [0.25, 0.3) is 0 Å². The maximum absolute atomic E-state index is 14.2. The number of ether oxygens (including phenoxy) is 1. The molecule has 4 aromatic rings. The Morgan fingerprint density at radius 3 is 2.31 bits per heavy atom. The molecule has 1 atom stereocenters. The van der Waals surface area contributed by atoms with Crippen molar-refractivity contribution in [3.05, 3.63) is 137 Å². The zero-order chi connectivity index (χ0) is 35.8. The Morgan fingerprint density at radius 2 is 1.65 bits per heavy atom. The number of nitrogens with zero attached hydrogens (tertiary/aromatic N) is 3. The van der Waals surface area contributed by atoms with E-state index in [1.807, 2.05) is 59.5 Å². The molecule has 2 saturated heterocycles. The Morgan fingerprint density at radius 1 is 0.941 bits per heavy atom. The number of phenols is 1. The van der Waals surface area contributed by atoms with Crippen molar-refractivity contribution >= 4 is 35.8 Å². The van der Waals surface area contributed by atoms with E-state index in [1.165, 1.54) is 12.0 Å². The SMILES string of the molecule is C=C(Cc1cccc(Cl)c1)N1CCC2(CC1)C(=O)N(c1ccc(OCc3ccc(CN(CCC)CCCCS)cc3)cc1)C2c1ccc(O)cc1. The minimum Gasteiger partial charge on any atom is -0.508 e. The predicted octanol–water partition coefficient (Wildman–Crippen LogP) is 9.47. The highest BCUT2D eigenvalue weighted by molar-refractivity contribution is 7.80. The zero-order valence-corrected chi connectivity index (χ0v) is 31.3. The molecule has 0 aliphatic carbocycles. The molecule has 2 aliphatic rings. The maximum atomic E-state index is 14.2. The van der Waals surface area contributed by atoms with Gasteiger partial charge in [-0.15, -0.1) is 0 Å². The molecule has 6 nitrogen and oxygen atoms in total. The first-order valence-corrected chi connectivity index (χ1v) is 19.2. The fourth-order valence-corrected chi connectivity index (χ4v) is 8.09. The monoisotopic (exact) mass is 723 g/mol. The van der Waals surface area contributed by atoms with Gasteiger partial charge in [0, 0.05) is 42.5 Å². The summed E-state index contributed by atoms with van der Waals surface area (Å²) in [5.41, 5.74) is 5.97. The van der Waals surface area contributed by atoms with Gasteiger partial charge in [-0.2, -0.15) is 12.6 Å². The number of likely N-dealkylation sites (tertiary alicyclic amines) is 1. The van der Waals surface area contributed by atoms with E-state index in [-0.39, 0.29) is 17.7 Å². The van der Waals surface area contributed by atoms with E-state index in [1.54, 1.807) is 12.1 Å². The molecular formula is C43H50ClN3O3S. The predicted molar refractivity (Wildman–Crippen MR) is 212 cm³/mol. The number of rotatable bonds is 16. The second-order valence-electron chi connectivity index (χ2n) is 14.0. The maximum Gasteiger partial charge on any atom is 0.236 e. The first-order valence-electron chi connectivity index (χ1n) is 18.2. The number of hydrogen-bond acceptors (Lipinski definition) is 6. The van der Waals surface area contributed by atoms with Gasteiger partial charge in [0.05, 0.1) is 11.5 Å². The van der Waals surface area contributed by atoms with Crippen LogP contribution in [0.3, 0.4) is 0 Å². The Hall–Kier alpha value is -3.91. The number of aromatic hydroxyl groups is 1. The number of anilines is 1. The molecule has 1 spiro atoms. The van der Waals surface area contributed by atoms with Crippen LogP contribution in [-0.4, -0.2) is 52.7 Å². The fourth-order valence-electron chi connectivity index (χ4n) is 7.65. The van der Waals surface area contributed by atoms with E-state index in [2.05, 4.69) is 66.3 Å². The lowest BCUT2D eigenvalue weighted by Gasteiger charge is -2.59. The van der Waals surface area contributed by atoms with Gasteiger partial charge < -0.3 is 19.6 Å². The van der Waals surface area contributed by atoms with Gasteiger partial charge in [0.15, 0.2) is 0 Å². The average molecular weight is 724 g/mol. The van der Waals surface area contributed by atoms with Gasteiger partial charge in [-0.25, -0.2) is 0 Å². The smallest absolute Gasteiger partial charge is 0.236 e. The number of phenolic OH excluding ortho intramolecular Hbond substituents is 1. The van der Waals surface area contributed by atoms with E-state index in [0.29, 0.717) is 6.61 Å². The number of amides is 1. The molecule has 2 heterocycles. The molecule has 268 valence electrons. The fraction of sp³-hybridized carbons (Fsp3) is 0.372. The van der Waals surface area contributed by atoms with Crippen LogP contribution >= 0.6 is 24.2 Å². The summed E-state index contributed by atoms with van der Waals surface area (Å²) in [6.45, 7) is 11.8. The van der Waals surface area contributed by atoms with Crippen molar-refractivity contribution in [3.63, 3.8) is 0 Å². The highest BCUT2D eigenvalue weighted by Crippen LogP contribution is 2.58. The summed E-state index contributed by atoms with van der Waals surface area (Å²) < 4.78 is 6.18. The Labute approximate surface area is 314 Å². The quantitative estimate of drug-likeness (QED) is 0.0686. The number of unbranched alkanes of at least 4 members (excludes halogenated alkanes) is 1. The van der Waals surface area contributed by atoms with Crippen LogP contribution in [0.2, 0.25) is 5.02 Å². The lowest BCUT2D eigenvalue weighted by molar-refractivity contribution is -0.144. The van der Waals surface area contributed by atoms with Crippen LogP contribution in [0.25, 0.3) is 0 Å². The number of β-lactam (4-membered cyclic amide) rings is 1. The van der Waals surface area contributed by atoms with E-state index in [9.17, 15) is 9.90 Å². The minimum atomic E-state index is -0.509. The molecule has 1 N–H and O–H groups in total. The first kappa shape index (κ1) is 36.9. The van der Waals surface area contributed by atoms with Crippen molar-refractivity contribution in [2.24, 2.45) is 5.41 Å². The zero-order valence-electron chi connectivity index (χ0n) is 29.6. The van der Waals surface area contributed by atoms with Crippen LogP contribution < -0.4 is 9.64 Å². The van der Waals surface area contributed by atoms with Crippen LogP contribution in [-0.2, 0) is 24.4 Å². The molecule has 0 radical (unpaired) electrons. The van der Waals surface area contributed by atoms with Crippen molar-refractivity contribution in [3.8, 4) is 11.5 Å². The third-order valence-corrected chi connectivity index (χ3v) is 11.0. The molecule has 1 unspecified atom stereocenters. The highest BCUT2D eigenvalue weighted by atomic mass is 35.5. The molecule has 0 aromatic heterocycles. The molecule has 2 aliphatic heterocycles. The second kappa shape index (κ2) is 17.1. The minimum absolute atomic E-state index is 0.129. The normalized spacial score (nSPS) is 16.8. The van der Waals surface area contributed by atoms with Crippen LogP contribution in [0.15, 0.2) is 109 Å². The highest BCUT2D eigenvalue weighted by Gasteiger charge is 2.62. The van der Waals surface area contributed by atoms with E-state index < -0.39 is 5.41 Å². The van der Waals surface area contributed by atoms with Crippen molar-refractivity contribution in [2.75, 3.05) is 36.8 Å². The number of thiol groups is 1. The van der Waals surface area contributed by atoms with Crippen LogP contribution in [0.1, 0.15) is 67.3 Å². The number of carbonyl (C=O) groups excluding carboxylic acids is 1. The van der Waals surface area contributed by atoms with Crippen LogP contribution in [0.4, 0.5) is 5.69 Å². The molecule has 0 saturated carbocycles. The topological polar surface area (TPSA) is 56.2 Å². The number of halogens is 1. The number of piperidine rings is 1. The Kier molecular flexibility index (Phi) is 12.3. The van der Waals surface area contributed by atoms with E-state index >= 15 is 0 Å². The summed E-state index contributed by atoms with van der Waals surface area (Å²) in [5.74, 6) is 2.06. The number of carbonyl (C=O) groups is 1. The molecule has 4 aromatic carbocycles. The summed E-state index contributed by atoms with van der Waals surface area (Å²) in [4.78, 5) is 20.9. The van der Waals surface area contributed by atoms with Gasteiger partial charge >= 0.3 is 0 Å². The average Bonchev–Trinajstić information content (AvgIpc) is 3.14. The molecule has 1 amide bonds. The van der Waals surface area contributed by atoms with Crippen molar-refractivity contribution < 1.29 is 14.6 Å². The third-order valence-electron chi connectivity index (χ3n) is 10.4. The van der Waals surface area contributed by atoms with Crippen molar-refractivity contribution in [1.82, 2.24) is 9.80 Å². The Bertz CT molecular complexity index is 1750. The van der Waals surface area contributed by atoms with E-state index in [4.69, 9.17) is 16.3 Å². The second-order valence-corrected chi connectivity index (χ2v) is 14.9. The van der Waals surface area contributed by atoms with Gasteiger partial charge in [0.1, 0.15) is 18.1 Å². The summed E-state index contributed by atoms with van der Waals surface area (Å²) in [7, 11) is 0. The summed E-state index contributed by atoms with van der Waals surface area (Å²) in [5, 5.41) is 10.8. The summed E-state index contributed by atoms with van der Waals surface area (Å²) >= 11 is 10.6. The molecular weight excluding hydrogens is 674 g/mol. The lowest BCUT2D eigenvalue weighted by Crippen LogP contribution is -2.66. The van der Waals surface area contributed by atoms with Gasteiger partial charge in [0.2, 0.25) is 5.91 Å². The molecule has 51 heavy (non-hydrogen) atoms. The molecule has 0 bridgehead atoms. The van der Waals surface area contributed by atoms with Crippen LogP contribution in [0.5, 0.6) is 11.5 Å². The van der Waals surface area contributed by atoms with E-state index in [0.717, 1.165) is 109 Å². The third kappa shape index (κ3) is 8.77. The number of hydrogen-bond donors (Lipinski definition) is 2. The standard InChI is InChI=1S/C43H50ClN3O3S/c1-3-23-45(24-4-5-27-51)30-33-9-11-34(12-10-33)31-50-40-19-15-38(16-20-40)47-41(36-13-17-39(48)18-14-36)43(42(47)49)21-25-46(26-22-43)32(2)28-35-7-6-8-37(44)29-35/h6-20,29,41,48,51H,2-5,21-28,30-31H2,1H3. The molecule has 6 rings (SSSR count). The molecule has 2 fully saturated rings.